The first-order valence-corrected chi connectivity index (χ1v) is 4.30. The highest BCUT2D eigenvalue weighted by Crippen LogP contribution is 2.34. The van der Waals surface area contributed by atoms with Crippen molar-refractivity contribution in [3.63, 3.8) is 0 Å². The van der Waals surface area contributed by atoms with Gasteiger partial charge in [0.2, 0.25) is 0 Å². The van der Waals surface area contributed by atoms with Crippen LogP contribution < -0.4 is 0 Å². The fraction of sp³-hybridized carbons (Fsp3) is 0.875. The molecular formula is C8H11F3O3. The van der Waals surface area contributed by atoms with Gasteiger partial charge in [-0.3, -0.25) is 0 Å². The third-order valence-corrected chi connectivity index (χ3v) is 2.16. The lowest BCUT2D eigenvalue weighted by Crippen LogP contribution is -2.39. The molecule has 0 spiro atoms. The van der Waals surface area contributed by atoms with Gasteiger partial charge in [0.1, 0.15) is 0 Å². The van der Waals surface area contributed by atoms with Crippen molar-refractivity contribution in [3.05, 3.63) is 0 Å². The van der Waals surface area contributed by atoms with E-state index in [1.807, 2.05) is 0 Å². The molecule has 1 fully saturated rings. The first-order chi connectivity index (χ1) is 6.44. The Labute approximate surface area is 79.2 Å². The predicted molar refractivity (Wildman–Crippen MR) is 40.7 cm³/mol. The summed E-state index contributed by atoms with van der Waals surface area (Å²) < 4.78 is 47.1. The molecule has 0 aromatic carbocycles. The molecular weight excluding hydrogens is 201 g/mol. The zero-order valence-corrected chi connectivity index (χ0v) is 7.63. The summed E-state index contributed by atoms with van der Waals surface area (Å²) in [5.74, 6) is -4.82. The van der Waals surface area contributed by atoms with Crippen LogP contribution in [0.5, 0.6) is 0 Å². The molecule has 3 nitrogen and oxygen atoms in total. The summed E-state index contributed by atoms with van der Waals surface area (Å²) in [5, 5.41) is 0. The number of ether oxygens (including phenoxy) is 2. The average Bonchev–Trinajstić information content (AvgIpc) is 2.13. The van der Waals surface area contributed by atoms with Crippen molar-refractivity contribution in [2.75, 3.05) is 6.61 Å². The number of carbonyl (C=O) groups is 1. The van der Waals surface area contributed by atoms with E-state index in [0.29, 0.717) is 0 Å². The Bertz CT molecular complexity index is 220. The van der Waals surface area contributed by atoms with E-state index in [0.717, 1.165) is 0 Å². The van der Waals surface area contributed by atoms with Crippen LogP contribution in [0.3, 0.4) is 0 Å². The summed E-state index contributed by atoms with van der Waals surface area (Å²) in [4.78, 5) is 10.6. The zero-order valence-electron chi connectivity index (χ0n) is 7.63. The van der Waals surface area contributed by atoms with Gasteiger partial charge in [-0.25, -0.2) is 4.79 Å². The second-order valence-electron chi connectivity index (χ2n) is 3.25. The molecule has 1 heterocycles. The van der Waals surface area contributed by atoms with E-state index in [-0.39, 0.29) is 19.4 Å². The monoisotopic (exact) mass is 212 g/mol. The SMILES string of the molecule is CC1CCCOC(=O)OC(F)C1(F)F. The first-order valence-electron chi connectivity index (χ1n) is 4.30. The molecule has 0 bridgehead atoms. The van der Waals surface area contributed by atoms with E-state index < -0.39 is 24.4 Å². The second-order valence-corrected chi connectivity index (χ2v) is 3.25. The highest BCUT2D eigenvalue weighted by molar-refractivity contribution is 5.60. The predicted octanol–water partition coefficient (Wildman–Crippen LogP) is 2.50. The van der Waals surface area contributed by atoms with E-state index in [1.165, 1.54) is 6.92 Å². The Balaban J connectivity index is 2.75. The van der Waals surface area contributed by atoms with E-state index in [1.54, 1.807) is 0 Å². The Morgan fingerprint density at radius 1 is 1.50 bits per heavy atom. The quantitative estimate of drug-likeness (QED) is 0.579. The van der Waals surface area contributed by atoms with Crippen molar-refractivity contribution in [3.8, 4) is 0 Å². The van der Waals surface area contributed by atoms with Crippen LogP contribution in [0.4, 0.5) is 18.0 Å². The Hall–Kier alpha value is -0.940. The van der Waals surface area contributed by atoms with Crippen LogP contribution in [-0.4, -0.2) is 25.0 Å². The van der Waals surface area contributed by atoms with E-state index in [9.17, 15) is 18.0 Å². The molecule has 1 aliphatic heterocycles. The van der Waals surface area contributed by atoms with Gasteiger partial charge in [-0.2, -0.15) is 13.2 Å². The molecule has 0 saturated carbocycles. The van der Waals surface area contributed by atoms with Crippen LogP contribution in [0.25, 0.3) is 0 Å². The number of cyclic esters (lactones) is 2. The Kier molecular flexibility index (Phi) is 3.23. The molecule has 82 valence electrons. The summed E-state index contributed by atoms with van der Waals surface area (Å²) >= 11 is 0. The molecule has 2 atom stereocenters. The summed E-state index contributed by atoms with van der Waals surface area (Å²) in [7, 11) is 0. The molecule has 0 aliphatic carbocycles. The molecule has 0 aromatic rings. The molecule has 1 aliphatic rings. The van der Waals surface area contributed by atoms with Crippen LogP contribution in [0, 0.1) is 5.92 Å². The topological polar surface area (TPSA) is 35.5 Å². The first kappa shape index (κ1) is 11.1. The van der Waals surface area contributed by atoms with Crippen LogP contribution in [0.15, 0.2) is 0 Å². The summed E-state index contributed by atoms with van der Waals surface area (Å²) in [6.07, 6.45) is -3.95. The van der Waals surface area contributed by atoms with Crippen molar-refractivity contribution in [2.24, 2.45) is 5.92 Å². The third kappa shape index (κ3) is 2.30. The molecule has 6 heteroatoms. The molecule has 2 unspecified atom stereocenters. The van der Waals surface area contributed by atoms with Crippen LogP contribution in [0.2, 0.25) is 0 Å². The summed E-state index contributed by atoms with van der Waals surface area (Å²) in [5.41, 5.74) is 0. The highest BCUT2D eigenvalue weighted by atomic mass is 19.3. The van der Waals surface area contributed by atoms with Crippen molar-refractivity contribution in [2.45, 2.75) is 32.0 Å². The fourth-order valence-electron chi connectivity index (χ4n) is 1.16. The minimum atomic E-state index is -3.65. The maximum Gasteiger partial charge on any atom is 0.511 e. The second kappa shape index (κ2) is 4.06. The molecule has 0 radical (unpaired) electrons. The van der Waals surface area contributed by atoms with Gasteiger partial charge >= 0.3 is 18.4 Å². The zero-order chi connectivity index (χ0) is 10.8. The number of rotatable bonds is 0. The lowest BCUT2D eigenvalue weighted by molar-refractivity contribution is -0.200. The lowest BCUT2D eigenvalue weighted by Gasteiger charge is -2.24. The van der Waals surface area contributed by atoms with Gasteiger partial charge in [0, 0.05) is 5.92 Å². The smallest absolute Gasteiger partial charge is 0.434 e. The van der Waals surface area contributed by atoms with Gasteiger partial charge in [0.15, 0.2) is 0 Å². The van der Waals surface area contributed by atoms with Crippen molar-refractivity contribution >= 4 is 6.16 Å². The normalized spacial score (nSPS) is 33.3. The van der Waals surface area contributed by atoms with Gasteiger partial charge in [0.25, 0.3) is 0 Å². The van der Waals surface area contributed by atoms with E-state index in [2.05, 4.69) is 9.47 Å². The lowest BCUT2D eigenvalue weighted by atomic mass is 9.98. The number of hydrogen-bond donors (Lipinski definition) is 0. The van der Waals surface area contributed by atoms with Gasteiger partial charge in [-0.1, -0.05) is 6.92 Å². The van der Waals surface area contributed by atoms with E-state index in [4.69, 9.17) is 0 Å². The molecule has 14 heavy (non-hydrogen) atoms. The molecule has 0 N–H and O–H groups in total. The maximum atomic E-state index is 13.1. The largest absolute Gasteiger partial charge is 0.511 e. The third-order valence-electron chi connectivity index (χ3n) is 2.16. The Morgan fingerprint density at radius 3 is 2.79 bits per heavy atom. The van der Waals surface area contributed by atoms with Gasteiger partial charge in [0.05, 0.1) is 6.61 Å². The van der Waals surface area contributed by atoms with Crippen LogP contribution >= 0.6 is 0 Å². The van der Waals surface area contributed by atoms with Crippen molar-refractivity contribution in [1.29, 1.82) is 0 Å². The summed E-state index contributed by atoms with van der Waals surface area (Å²) in [6, 6.07) is 0. The van der Waals surface area contributed by atoms with Crippen molar-refractivity contribution in [1.82, 2.24) is 0 Å². The minimum absolute atomic E-state index is 0.0219. The average molecular weight is 212 g/mol. The van der Waals surface area contributed by atoms with E-state index >= 15 is 0 Å². The van der Waals surface area contributed by atoms with Gasteiger partial charge in [-0.05, 0) is 12.8 Å². The number of halogens is 3. The Morgan fingerprint density at radius 2 is 2.14 bits per heavy atom. The maximum absolute atomic E-state index is 13.1. The highest BCUT2D eigenvalue weighted by Gasteiger charge is 2.48. The van der Waals surface area contributed by atoms with Gasteiger partial charge < -0.3 is 9.47 Å². The van der Waals surface area contributed by atoms with Crippen molar-refractivity contribution < 1.29 is 27.4 Å². The number of alkyl halides is 3. The van der Waals surface area contributed by atoms with Crippen LogP contribution in [-0.2, 0) is 9.47 Å². The molecule has 1 rings (SSSR count). The van der Waals surface area contributed by atoms with Crippen LogP contribution in [0.1, 0.15) is 19.8 Å². The minimum Gasteiger partial charge on any atom is -0.434 e. The molecule has 0 aromatic heterocycles. The standard InChI is InChI=1S/C8H11F3O3/c1-5-3-2-4-13-7(12)14-6(9)8(5,10)11/h5-6H,2-4H2,1H3. The number of hydrogen-bond acceptors (Lipinski definition) is 3. The fourth-order valence-corrected chi connectivity index (χ4v) is 1.16. The molecule has 1 saturated heterocycles. The van der Waals surface area contributed by atoms with Gasteiger partial charge in [-0.15, -0.1) is 0 Å². The molecule has 0 amide bonds. The number of carbonyl (C=O) groups excluding carboxylic acids is 1. The summed E-state index contributed by atoms with van der Waals surface area (Å²) in [6.45, 7) is 1.19.